The number of H-pyrrole nitrogens is 1. The van der Waals surface area contributed by atoms with Gasteiger partial charge in [-0.3, -0.25) is 5.32 Å². The summed E-state index contributed by atoms with van der Waals surface area (Å²) in [5, 5.41) is 3.21. The highest BCUT2D eigenvalue weighted by Crippen LogP contribution is 2.22. The molecule has 1 amide bonds. The third-order valence-electron chi connectivity index (χ3n) is 2.14. The van der Waals surface area contributed by atoms with Gasteiger partial charge < -0.3 is 9.72 Å². The molecule has 2 rings (SSSR count). The van der Waals surface area contributed by atoms with Crippen molar-refractivity contribution in [2.45, 2.75) is 26.4 Å². The zero-order valence-electron chi connectivity index (χ0n) is 10.4. The molecule has 2 heterocycles. The van der Waals surface area contributed by atoms with E-state index in [0.717, 1.165) is 0 Å². The van der Waals surface area contributed by atoms with Crippen LogP contribution in [0.15, 0.2) is 18.3 Å². The van der Waals surface area contributed by atoms with Crippen LogP contribution >= 0.6 is 0 Å². The Balaban J connectivity index is 2.20. The van der Waals surface area contributed by atoms with E-state index in [1.165, 1.54) is 6.07 Å². The predicted molar refractivity (Wildman–Crippen MR) is 65.9 cm³/mol. The van der Waals surface area contributed by atoms with Crippen LogP contribution in [0.2, 0.25) is 0 Å². The summed E-state index contributed by atoms with van der Waals surface area (Å²) < 4.78 is 18.0. The summed E-state index contributed by atoms with van der Waals surface area (Å²) in [7, 11) is 0. The summed E-state index contributed by atoms with van der Waals surface area (Å²) in [4.78, 5) is 18.0. The Labute approximate surface area is 103 Å². The van der Waals surface area contributed by atoms with Gasteiger partial charge in [0.05, 0.1) is 5.69 Å². The van der Waals surface area contributed by atoms with Crippen molar-refractivity contribution in [1.29, 1.82) is 0 Å². The molecule has 0 saturated heterocycles. The van der Waals surface area contributed by atoms with Crippen LogP contribution in [0, 0.1) is 5.95 Å². The SMILES string of the molecule is CC(C)(C)OC(=O)Nc1c[nH]c2nc(F)ccc12. The van der Waals surface area contributed by atoms with E-state index in [1.807, 2.05) is 0 Å². The molecule has 0 aliphatic heterocycles. The van der Waals surface area contributed by atoms with Crippen LogP contribution in [0.5, 0.6) is 0 Å². The number of amides is 1. The first-order valence-corrected chi connectivity index (χ1v) is 5.49. The largest absolute Gasteiger partial charge is 0.444 e. The molecule has 0 saturated carbocycles. The molecule has 0 spiro atoms. The molecule has 96 valence electrons. The molecule has 0 unspecified atom stereocenters. The van der Waals surface area contributed by atoms with Crippen molar-refractivity contribution in [3.63, 3.8) is 0 Å². The third kappa shape index (κ3) is 2.77. The predicted octanol–water partition coefficient (Wildman–Crippen LogP) is 3.05. The van der Waals surface area contributed by atoms with E-state index in [0.29, 0.717) is 16.7 Å². The number of aromatic nitrogens is 2. The maximum atomic E-state index is 12.9. The average molecular weight is 251 g/mol. The second kappa shape index (κ2) is 4.29. The van der Waals surface area contributed by atoms with Crippen molar-refractivity contribution in [3.8, 4) is 0 Å². The number of rotatable bonds is 1. The number of aromatic amines is 1. The summed E-state index contributed by atoms with van der Waals surface area (Å²) in [5.74, 6) is -0.576. The molecule has 6 heteroatoms. The fourth-order valence-electron chi connectivity index (χ4n) is 1.50. The van der Waals surface area contributed by atoms with Gasteiger partial charge in [-0.15, -0.1) is 0 Å². The minimum Gasteiger partial charge on any atom is -0.444 e. The molecule has 0 radical (unpaired) electrons. The number of halogens is 1. The Morgan fingerprint density at radius 3 is 2.83 bits per heavy atom. The quantitative estimate of drug-likeness (QED) is 0.765. The molecular formula is C12H14FN3O2. The van der Waals surface area contributed by atoms with Crippen molar-refractivity contribution in [1.82, 2.24) is 9.97 Å². The molecule has 0 atom stereocenters. The van der Waals surface area contributed by atoms with E-state index in [2.05, 4.69) is 15.3 Å². The molecule has 0 aromatic carbocycles. The van der Waals surface area contributed by atoms with E-state index in [4.69, 9.17) is 4.74 Å². The molecule has 0 bridgehead atoms. The van der Waals surface area contributed by atoms with Gasteiger partial charge in [0.1, 0.15) is 11.2 Å². The molecule has 2 aromatic rings. The fourth-order valence-corrected chi connectivity index (χ4v) is 1.50. The van der Waals surface area contributed by atoms with Crippen LogP contribution in [-0.2, 0) is 4.74 Å². The number of hydrogen-bond donors (Lipinski definition) is 2. The number of nitrogens with one attached hydrogen (secondary N) is 2. The van der Waals surface area contributed by atoms with Gasteiger partial charge in [-0.25, -0.2) is 9.78 Å². The normalized spacial score (nSPS) is 11.6. The molecule has 2 aromatic heterocycles. The Kier molecular flexibility index (Phi) is 2.94. The lowest BCUT2D eigenvalue weighted by molar-refractivity contribution is 0.0636. The van der Waals surface area contributed by atoms with Gasteiger partial charge in [0.15, 0.2) is 0 Å². The minimum absolute atomic E-state index is 0.376. The van der Waals surface area contributed by atoms with E-state index >= 15 is 0 Å². The van der Waals surface area contributed by atoms with Gasteiger partial charge in [-0.05, 0) is 32.9 Å². The zero-order valence-corrected chi connectivity index (χ0v) is 10.4. The van der Waals surface area contributed by atoms with Crippen molar-refractivity contribution in [2.24, 2.45) is 0 Å². The van der Waals surface area contributed by atoms with Crippen LogP contribution in [0.1, 0.15) is 20.8 Å². The maximum absolute atomic E-state index is 12.9. The zero-order chi connectivity index (χ0) is 13.3. The van der Waals surface area contributed by atoms with E-state index in [9.17, 15) is 9.18 Å². The Morgan fingerprint density at radius 1 is 1.44 bits per heavy atom. The van der Waals surface area contributed by atoms with Crippen molar-refractivity contribution in [3.05, 3.63) is 24.3 Å². The lowest BCUT2D eigenvalue weighted by Crippen LogP contribution is -2.27. The molecule has 5 nitrogen and oxygen atoms in total. The number of fused-ring (bicyclic) bond motifs is 1. The van der Waals surface area contributed by atoms with Gasteiger partial charge in [0, 0.05) is 11.6 Å². The number of anilines is 1. The minimum atomic E-state index is -0.576. The second-order valence-electron chi connectivity index (χ2n) is 4.86. The maximum Gasteiger partial charge on any atom is 0.412 e. The van der Waals surface area contributed by atoms with Crippen molar-refractivity contribution < 1.29 is 13.9 Å². The molecule has 18 heavy (non-hydrogen) atoms. The summed E-state index contributed by atoms with van der Waals surface area (Å²) in [6.07, 6.45) is 0.980. The Bertz CT molecular complexity index is 587. The lowest BCUT2D eigenvalue weighted by atomic mass is 10.2. The average Bonchev–Trinajstić information content (AvgIpc) is 2.57. The Morgan fingerprint density at radius 2 is 2.17 bits per heavy atom. The van der Waals surface area contributed by atoms with Gasteiger partial charge >= 0.3 is 6.09 Å². The summed E-state index contributed by atoms with van der Waals surface area (Å²) in [6, 6.07) is 2.78. The highest BCUT2D eigenvalue weighted by molar-refractivity contribution is 5.98. The molecule has 0 fully saturated rings. The monoisotopic (exact) mass is 251 g/mol. The smallest absolute Gasteiger partial charge is 0.412 e. The molecule has 0 aliphatic rings. The molecular weight excluding hydrogens is 237 g/mol. The van der Waals surface area contributed by atoms with Gasteiger partial charge in [-0.1, -0.05) is 0 Å². The second-order valence-corrected chi connectivity index (χ2v) is 4.86. The Hall–Kier alpha value is -2.11. The first-order chi connectivity index (χ1) is 8.35. The number of pyridine rings is 1. The molecule has 0 aliphatic carbocycles. The highest BCUT2D eigenvalue weighted by atomic mass is 19.1. The summed E-state index contributed by atoms with van der Waals surface area (Å²) in [6.45, 7) is 5.33. The van der Waals surface area contributed by atoms with Gasteiger partial charge in [0.25, 0.3) is 0 Å². The first-order valence-electron chi connectivity index (χ1n) is 5.49. The summed E-state index contributed by atoms with van der Waals surface area (Å²) in [5.41, 5.74) is 0.313. The number of hydrogen-bond acceptors (Lipinski definition) is 3. The van der Waals surface area contributed by atoms with Gasteiger partial charge in [-0.2, -0.15) is 4.39 Å². The topological polar surface area (TPSA) is 67.0 Å². The number of carbonyl (C=O) groups excluding carboxylic acids is 1. The third-order valence-corrected chi connectivity index (χ3v) is 2.14. The first kappa shape index (κ1) is 12.3. The van der Waals surface area contributed by atoms with Crippen molar-refractivity contribution >= 4 is 22.8 Å². The van der Waals surface area contributed by atoms with Crippen LogP contribution in [0.4, 0.5) is 14.9 Å². The fraction of sp³-hybridized carbons (Fsp3) is 0.333. The van der Waals surface area contributed by atoms with Crippen LogP contribution < -0.4 is 5.32 Å². The van der Waals surface area contributed by atoms with E-state index < -0.39 is 17.6 Å². The number of carbonyl (C=O) groups is 1. The highest BCUT2D eigenvalue weighted by Gasteiger charge is 2.17. The standard InChI is InChI=1S/C12H14FN3O2/c1-12(2,3)18-11(17)15-8-6-14-10-7(8)4-5-9(13)16-10/h4-6H,1-3H3,(H,14,16)(H,15,17). The van der Waals surface area contributed by atoms with Crippen LogP contribution in [-0.4, -0.2) is 21.7 Å². The molecule has 2 N–H and O–H groups in total. The lowest BCUT2D eigenvalue weighted by Gasteiger charge is -2.19. The van der Waals surface area contributed by atoms with Gasteiger partial charge in [0.2, 0.25) is 5.95 Å². The van der Waals surface area contributed by atoms with Crippen LogP contribution in [0.3, 0.4) is 0 Å². The van der Waals surface area contributed by atoms with E-state index in [-0.39, 0.29) is 0 Å². The number of ether oxygens (including phenoxy) is 1. The number of nitrogens with zero attached hydrogens (tertiary/aromatic N) is 1. The van der Waals surface area contributed by atoms with E-state index in [1.54, 1.807) is 33.0 Å². The van der Waals surface area contributed by atoms with Crippen molar-refractivity contribution in [2.75, 3.05) is 5.32 Å². The summed E-state index contributed by atoms with van der Waals surface area (Å²) >= 11 is 0. The van der Waals surface area contributed by atoms with Crippen LogP contribution in [0.25, 0.3) is 11.0 Å².